The van der Waals surface area contributed by atoms with E-state index >= 15 is 0 Å². The number of allylic oxidation sites excluding steroid dienone is 7. The number of hydrogen-bond donors (Lipinski definition) is 4. The van der Waals surface area contributed by atoms with Gasteiger partial charge in [-0.05, 0) is 64.2 Å². The number of carbonyl (C=O) groups excluding carboxylic acids is 1. The number of aliphatic hydroxyl groups is 3. The molecule has 3 atom stereocenters. The summed E-state index contributed by atoms with van der Waals surface area (Å²) in [6.07, 6.45) is 61.3. The molecule has 0 aliphatic carbocycles. The number of unbranched alkanes of at least 4 members (excludes halogenated alkanes) is 30. The second-order valence-electron chi connectivity index (χ2n) is 17.1. The summed E-state index contributed by atoms with van der Waals surface area (Å²) in [6.45, 7) is 4.21. The minimum Gasteiger partial charge on any atom is -0.394 e. The lowest BCUT2D eigenvalue weighted by molar-refractivity contribution is -0.124. The molecule has 0 spiro atoms. The molecule has 0 radical (unpaired) electrons. The Hall–Kier alpha value is -1.69. The van der Waals surface area contributed by atoms with Crippen LogP contribution in [0.1, 0.15) is 251 Å². The van der Waals surface area contributed by atoms with Gasteiger partial charge >= 0.3 is 0 Å². The van der Waals surface area contributed by atoms with E-state index in [-0.39, 0.29) is 18.9 Å². The summed E-state index contributed by atoms with van der Waals surface area (Å²) in [5, 5.41) is 33.3. The maximum absolute atomic E-state index is 12.5. The zero-order chi connectivity index (χ0) is 41.5. The highest BCUT2D eigenvalue weighted by Gasteiger charge is 2.20. The van der Waals surface area contributed by atoms with Gasteiger partial charge in [-0.1, -0.05) is 229 Å². The van der Waals surface area contributed by atoms with Gasteiger partial charge < -0.3 is 20.6 Å². The molecule has 0 bridgehead atoms. The van der Waals surface area contributed by atoms with Gasteiger partial charge in [0, 0.05) is 0 Å². The van der Waals surface area contributed by atoms with Crippen LogP contribution < -0.4 is 5.32 Å². The van der Waals surface area contributed by atoms with E-state index in [1.54, 1.807) is 6.08 Å². The van der Waals surface area contributed by atoms with Crippen molar-refractivity contribution in [2.45, 2.75) is 270 Å². The fourth-order valence-electron chi connectivity index (χ4n) is 7.50. The average molecular weight is 800 g/mol. The van der Waals surface area contributed by atoms with Crippen LogP contribution in [0.25, 0.3) is 0 Å². The van der Waals surface area contributed by atoms with Crippen molar-refractivity contribution in [3.8, 4) is 0 Å². The summed E-state index contributed by atoms with van der Waals surface area (Å²) < 4.78 is 0. The fraction of sp³-hybridized carbons (Fsp3) is 0.827. The summed E-state index contributed by atoms with van der Waals surface area (Å²) in [5.74, 6) is -0.328. The standard InChI is InChI=1S/C52H97NO4/c1-3-5-7-9-11-13-15-17-19-21-22-23-24-25-26-27-28-30-31-33-35-37-39-41-43-45-49(55)47-52(57)53-50(48-54)51(56)46-44-42-40-38-36-34-32-29-20-18-16-14-12-10-8-6-4-2/h22-23,25-26,36,38,44,46,49-51,54-56H,3-21,24,27-35,37,39-43,45,47-48H2,1-2H3,(H,53,57)/b23-22-,26-25-,38-36+,46-44+. The van der Waals surface area contributed by atoms with E-state index < -0.39 is 18.2 Å². The zero-order valence-corrected chi connectivity index (χ0v) is 38.0. The third-order valence-electron chi connectivity index (χ3n) is 11.3. The largest absolute Gasteiger partial charge is 0.394 e. The smallest absolute Gasteiger partial charge is 0.222 e. The molecular formula is C52H97NO4. The molecule has 0 aromatic heterocycles. The van der Waals surface area contributed by atoms with E-state index in [9.17, 15) is 20.1 Å². The van der Waals surface area contributed by atoms with Crippen molar-refractivity contribution < 1.29 is 20.1 Å². The summed E-state index contributed by atoms with van der Waals surface area (Å²) >= 11 is 0. The Kier molecular flexibility index (Phi) is 45.6. The molecule has 4 N–H and O–H groups in total. The van der Waals surface area contributed by atoms with Crippen molar-refractivity contribution in [2.24, 2.45) is 0 Å². The molecule has 0 aromatic rings. The lowest BCUT2D eigenvalue weighted by atomic mass is 10.0. The molecule has 0 fully saturated rings. The number of amides is 1. The Labute approximate surface area is 355 Å². The van der Waals surface area contributed by atoms with Crippen molar-refractivity contribution in [2.75, 3.05) is 6.61 Å². The van der Waals surface area contributed by atoms with Crippen LogP contribution in [0.5, 0.6) is 0 Å². The molecule has 0 aliphatic rings. The summed E-state index contributed by atoms with van der Waals surface area (Å²) in [6, 6.07) is -0.764. The third kappa shape index (κ3) is 43.7. The fourth-order valence-corrected chi connectivity index (χ4v) is 7.50. The van der Waals surface area contributed by atoms with Gasteiger partial charge in [0.15, 0.2) is 0 Å². The summed E-state index contributed by atoms with van der Waals surface area (Å²) in [7, 11) is 0. The Morgan fingerprint density at radius 2 is 0.807 bits per heavy atom. The predicted molar refractivity (Wildman–Crippen MR) is 250 cm³/mol. The van der Waals surface area contributed by atoms with Crippen molar-refractivity contribution in [3.05, 3.63) is 48.6 Å². The first kappa shape index (κ1) is 55.3. The monoisotopic (exact) mass is 800 g/mol. The van der Waals surface area contributed by atoms with Crippen LogP contribution in [0.2, 0.25) is 0 Å². The minimum absolute atomic E-state index is 0.00213. The van der Waals surface area contributed by atoms with E-state index in [2.05, 4.69) is 55.6 Å². The molecule has 0 saturated heterocycles. The summed E-state index contributed by atoms with van der Waals surface area (Å²) in [4.78, 5) is 12.5. The number of hydrogen-bond acceptors (Lipinski definition) is 4. The van der Waals surface area contributed by atoms with E-state index in [4.69, 9.17) is 0 Å². The Morgan fingerprint density at radius 1 is 0.456 bits per heavy atom. The van der Waals surface area contributed by atoms with Gasteiger partial charge in [-0.3, -0.25) is 4.79 Å². The van der Waals surface area contributed by atoms with Crippen LogP contribution in [0, 0.1) is 0 Å². The second kappa shape index (κ2) is 47.0. The number of rotatable bonds is 45. The molecule has 0 heterocycles. The maximum atomic E-state index is 12.5. The number of carbonyl (C=O) groups is 1. The van der Waals surface area contributed by atoms with Gasteiger partial charge in [-0.15, -0.1) is 0 Å². The quantitative estimate of drug-likeness (QED) is 0.0365. The van der Waals surface area contributed by atoms with Gasteiger partial charge in [-0.25, -0.2) is 0 Å². The molecule has 0 saturated carbocycles. The van der Waals surface area contributed by atoms with Crippen LogP contribution in [-0.2, 0) is 4.79 Å². The van der Waals surface area contributed by atoms with E-state index in [0.29, 0.717) is 6.42 Å². The molecule has 3 unspecified atom stereocenters. The lowest BCUT2D eigenvalue weighted by Crippen LogP contribution is -2.45. The van der Waals surface area contributed by atoms with Crippen LogP contribution in [0.4, 0.5) is 0 Å². The van der Waals surface area contributed by atoms with Crippen LogP contribution >= 0.6 is 0 Å². The maximum Gasteiger partial charge on any atom is 0.222 e. The minimum atomic E-state index is -0.954. The van der Waals surface area contributed by atoms with Crippen molar-refractivity contribution in [1.29, 1.82) is 0 Å². The molecule has 1 amide bonds. The Morgan fingerprint density at radius 3 is 1.23 bits per heavy atom. The Bertz CT molecular complexity index is 927. The van der Waals surface area contributed by atoms with Gasteiger partial charge in [-0.2, -0.15) is 0 Å². The first-order valence-electron chi connectivity index (χ1n) is 24.9. The molecule has 5 heteroatoms. The topological polar surface area (TPSA) is 89.8 Å². The van der Waals surface area contributed by atoms with Crippen LogP contribution in [0.15, 0.2) is 48.6 Å². The molecule has 57 heavy (non-hydrogen) atoms. The molecule has 0 rings (SSSR count). The molecule has 0 aromatic carbocycles. The molecular weight excluding hydrogens is 703 g/mol. The van der Waals surface area contributed by atoms with Gasteiger partial charge in [0.05, 0.1) is 31.3 Å². The van der Waals surface area contributed by atoms with E-state index in [1.807, 2.05) is 6.08 Å². The summed E-state index contributed by atoms with van der Waals surface area (Å²) in [5.41, 5.74) is 0. The third-order valence-corrected chi connectivity index (χ3v) is 11.3. The predicted octanol–water partition coefficient (Wildman–Crippen LogP) is 14.9. The van der Waals surface area contributed by atoms with Crippen molar-refractivity contribution in [3.63, 3.8) is 0 Å². The normalized spacial score (nSPS) is 13.8. The van der Waals surface area contributed by atoms with E-state index in [0.717, 1.165) is 38.5 Å². The number of nitrogens with one attached hydrogen (secondary N) is 1. The van der Waals surface area contributed by atoms with Gasteiger partial charge in [0.25, 0.3) is 0 Å². The highest BCUT2D eigenvalue weighted by Crippen LogP contribution is 2.15. The first-order chi connectivity index (χ1) is 28.0. The van der Waals surface area contributed by atoms with Crippen molar-refractivity contribution >= 4 is 5.91 Å². The second-order valence-corrected chi connectivity index (χ2v) is 17.1. The molecule has 5 nitrogen and oxygen atoms in total. The average Bonchev–Trinajstić information content (AvgIpc) is 3.20. The van der Waals surface area contributed by atoms with Crippen LogP contribution in [0.3, 0.4) is 0 Å². The highest BCUT2D eigenvalue weighted by molar-refractivity contribution is 5.76. The lowest BCUT2D eigenvalue weighted by Gasteiger charge is -2.21. The van der Waals surface area contributed by atoms with E-state index in [1.165, 1.54) is 186 Å². The van der Waals surface area contributed by atoms with Crippen molar-refractivity contribution in [1.82, 2.24) is 5.32 Å². The van der Waals surface area contributed by atoms with Gasteiger partial charge in [0.2, 0.25) is 5.91 Å². The Balaban J connectivity index is 3.66. The SMILES string of the molecule is CCCCCCCCCCC/C=C\C/C=C\CCCCCCCCCCCC(O)CC(=O)NC(CO)C(O)/C=C/CC/C=C/CCCCCCCCCCCCC. The van der Waals surface area contributed by atoms with Crippen LogP contribution in [-0.4, -0.2) is 46.1 Å². The number of aliphatic hydroxyl groups excluding tert-OH is 3. The molecule has 334 valence electrons. The van der Waals surface area contributed by atoms with Gasteiger partial charge in [0.1, 0.15) is 0 Å². The molecule has 0 aliphatic heterocycles. The zero-order valence-electron chi connectivity index (χ0n) is 38.0. The highest BCUT2D eigenvalue weighted by atomic mass is 16.3. The first-order valence-corrected chi connectivity index (χ1v) is 24.9.